The van der Waals surface area contributed by atoms with Gasteiger partial charge in [-0.25, -0.2) is 4.98 Å². The Morgan fingerprint density at radius 2 is 1.83 bits per heavy atom. The van der Waals surface area contributed by atoms with Crippen molar-refractivity contribution in [1.29, 1.82) is 0 Å². The molecule has 0 saturated carbocycles. The van der Waals surface area contributed by atoms with Crippen molar-refractivity contribution in [2.75, 3.05) is 37.7 Å². The van der Waals surface area contributed by atoms with E-state index >= 15 is 0 Å². The van der Waals surface area contributed by atoms with E-state index in [0.29, 0.717) is 34.8 Å². The van der Waals surface area contributed by atoms with Gasteiger partial charge in [0.25, 0.3) is 5.91 Å². The van der Waals surface area contributed by atoms with Crippen LogP contribution in [-0.4, -0.2) is 48.6 Å². The van der Waals surface area contributed by atoms with E-state index in [4.69, 9.17) is 32.4 Å². The van der Waals surface area contributed by atoms with Crippen LogP contribution in [0.3, 0.4) is 0 Å². The van der Waals surface area contributed by atoms with Crippen molar-refractivity contribution in [3.8, 4) is 17.1 Å². The van der Waals surface area contributed by atoms with Gasteiger partial charge in [0.1, 0.15) is 5.75 Å². The summed E-state index contributed by atoms with van der Waals surface area (Å²) in [4.78, 5) is 20.7. The number of nitrogens with zero attached hydrogens (tertiary/aromatic N) is 3. The Bertz CT molecular complexity index is 1030. The third-order valence-corrected chi connectivity index (χ3v) is 5.55. The molecule has 1 fully saturated rings. The number of ether oxygens (including phenoxy) is 1. The Kier molecular flexibility index (Phi) is 6.16. The number of oxazole rings is 1. The molecule has 6 nitrogen and oxygen atoms in total. The third kappa shape index (κ3) is 4.71. The summed E-state index contributed by atoms with van der Waals surface area (Å²) in [6, 6.07) is 13.1. The highest BCUT2D eigenvalue weighted by molar-refractivity contribution is 6.35. The fourth-order valence-electron chi connectivity index (χ4n) is 3.37. The predicted octanol–water partition coefficient (Wildman–Crippen LogP) is 4.68. The molecule has 0 bridgehead atoms. The number of carbonyl (C=O) groups is 1. The second kappa shape index (κ2) is 8.98. The van der Waals surface area contributed by atoms with Gasteiger partial charge in [0, 0.05) is 49.4 Å². The number of piperazine rings is 1. The van der Waals surface area contributed by atoms with Crippen LogP contribution in [0.4, 0.5) is 5.69 Å². The number of hydrogen-bond acceptors (Lipinski definition) is 5. The monoisotopic (exact) mass is 445 g/mol. The van der Waals surface area contributed by atoms with Gasteiger partial charge < -0.3 is 19.0 Å². The lowest BCUT2D eigenvalue weighted by atomic mass is 10.1. The molecule has 1 amide bonds. The molecule has 30 heavy (non-hydrogen) atoms. The lowest BCUT2D eigenvalue weighted by molar-refractivity contribution is -0.133. The zero-order chi connectivity index (χ0) is 21.1. The average Bonchev–Trinajstić information content (AvgIpc) is 3.19. The van der Waals surface area contributed by atoms with Crippen molar-refractivity contribution in [2.45, 2.75) is 6.92 Å². The topological polar surface area (TPSA) is 58.8 Å². The second-order valence-electron chi connectivity index (χ2n) is 7.02. The van der Waals surface area contributed by atoms with E-state index in [-0.39, 0.29) is 12.5 Å². The molecule has 1 aromatic heterocycles. The van der Waals surface area contributed by atoms with Gasteiger partial charge in [-0.3, -0.25) is 4.79 Å². The first-order valence-corrected chi connectivity index (χ1v) is 10.4. The Morgan fingerprint density at radius 3 is 2.47 bits per heavy atom. The van der Waals surface area contributed by atoms with Crippen LogP contribution >= 0.6 is 23.2 Å². The summed E-state index contributed by atoms with van der Waals surface area (Å²) in [5.74, 6) is 1.80. The smallest absolute Gasteiger partial charge is 0.260 e. The first-order chi connectivity index (χ1) is 14.5. The Labute approximate surface area is 185 Å². The molecule has 0 aliphatic carbocycles. The van der Waals surface area contributed by atoms with Crippen LogP contribution in [0.5, 0.6) is 5.75 Å². The number of hydrogen-bond donors (Lipinski definition) is 0. The zero-order valence-electron chi connectivity index (χ0n) is 16.5. The van der Waals surface area contributed by atoms with E-state index < -0.39 is 0 Å². The molecule has 0 N–H and O–H groups in total. The number of amides is 1. The maximum atomic E-state index is 12.5. The third-order valence-electron chi connectivity index (χ3n) is 5.02. The molecule has 156 valence electrons. The molecule has 1 aliphatic rings. The molecule has 2 heterocycles. The minimum absolute atomic E-state index is 0.0490. The van der Waals surface area contributed by atoms with Crippen molar-refractivity contribution in [2.24, 2.45) is 0 Å². The zero-order valence-corrected chi connectivity index (χ0v) is 18.0. The SMILES string of the molecule is Cc1ncc(-c2ccc(N3CCN(C(=O)COc4ccc(Cl)cc4Cl)CC3)cc2)o1. The highest BCUT2D eigenvalue weighted by Crippen LogP contribution is 2.28. The van der Waals surface area contributed by atoms with Gasteiger partial charge in [-0.1, -0.05) is 23.2 Å². The maximum Gasteiger partial charge on any atom is 0.260 e. The summed E-state index contributed by atoms with van der Waals surface area (Å²) in [6.45, 7) is 4.57. The van der Waals surface area contributed by atoms with Crippen molar-refractivity contribution in [3.05, 3.63) is 64.6 Å². The summed E-state index contributed by atoms with van der Waals surface area (Å²) < 4.78 is 11.1. The van der Waals surface area contributed by atoms with E-state index in [1.54, 1.807) is 24.4 Å². The molecule has 1 aliphatic heterocycles. The highest BCUT2D eigenvalue weighted by Gasteiger charge is 2.22. The van der Waals surface area contributed by atoms with E-state index in [1.807, 2.05) is 24.0 Å². The number of benzene rings is 2. The molecule has 0 radical (unpaired) electrons. The van der Waals surface area contributed by atoms with Crippen LogP contribution in [0.2, 0.25) is 10.0 Å². The predicted molar refractivity (Wildman–Crippen MR) is 117 cm³/mol. The largest absolute Gasteiger partial charge is 0.482 e. The van der Waals surface area contributed by atoms with E-state index in [9.17, 15) is 4.79 Å². The van der Waals surface area contributed by atoms with Gasteiger partial charge >= 0.3 is 0 Å². The molecule has 0 spiro atoms. The molecule has 3 aromatic rings. The first kappa shape index (κ1) is 20.6. The second-order valence-corrected chi connectivity index (χ2v) is 7.87. The van der Waals surface area contributed by atoms with Crippen LogP contribution < -0.4 is 9.64 Å². The van der Waals surface area contributed by atoms with Crippen LogP contribution in [0.15, 0.2) is 53.1 Å². The minimum Gasteiger partial charge on any atom is -0.482 e. The molecular formula is C22H21Cl2N3O3. The number of carbonyl (C=O) groups excluding carboxylic acids is 1. The number of aromatic nitrogens is 1. The summed E-state index contributed by atoms with van der Waals surface area (Å²) >= 11 is 12.0. The summed E-state index contributed by atoms with van der Waals surface area (Å²) in [5, 5.41) is 0.919. The average molecular weight is 446 g/mol. The Balaban J connectivity index is 1.29. The molecule has 2 aromatic carbocycles. The quantitative estimate of drug-likeness (QED) is 0.570. The van der Waals surface area contributed by atoms with Gasteiger partial charge in [-0.15, -0.1) is 0 Å². The lowest BCUT2D eigenvalue weighted by Crippen LogP contribution is -2.50. The minimum atomic E-state index is -0.0586. The number of halogens is 2. The van der Waals surface area contributed by atoms with Crippen LogP contribution in [0.25, 0.3) is 11.3 Å². The summed E-state index contributed by atoms with van der Waals surface area (Å²) in [7, 11) is 0. The molecule has 0 atom stereocenters. The number of rotatable bonds is 5. The van der Waals surface area contributed by atoms with E-state index in [0.717, 1.165) is 30.1 Å². The molecule has 1 saturated heterocycles. The molecule has 8 heteroatoms. The van der Waals surface area contributed by atoms with E-state index in [1.165, 1.54) is 0 Å². The van der Waals surface area contributed by atoms with Gasteiger partial charge in [0.05, 0.1) is 11.2 Å². The fraction of sp³-hybridized carbons (Fsp3) is 0.273. The first-order valence-electron chi connectivity index (χ1n) is 9.63. The van der Waals surface area contributed by atoms with Gasteiger partial charge in [0.15, 0.2) is 18.3 Å². The number of anilines is 1. The van der Waals surface area contributed by atoms with Gasteiger partial charge in [-0.05, 0) is 42.5 Å². The molecule has 0 unspecified atom stereocenters. The van der Waals surface area contributed by atoms with Crippen molar-refractivity contribution < 1.29 is 13.9 Å². The van der Waals surface area contributed by atoms with Gasteiger partial charge in [-0.2, -0.15) is 0 Å². The van der Waals surface area contributed by atoms with Crippen LogP contribution in [0, 0.1) is 6.92 Å². The Hall–Kier alpha value is -2.70. The Morgan fingerprint density at radius 1 is 1.10 bits per heavy atom. The van der Waals surface area contributed by atoms with Crippen molar-refractivity contribution in [1.82, 2.24) is 9.88 Å². The standard InChI is InChI=1S/C22H21Cl2N3O3/c1-15-25-13-21(30-15)16-2-5-18(6-3-16)26-8-10-27(11-9-26)22(28)14-29-20-7-4-17(23)12-19(20)24/h2-7,12-13H,8-11,14H2,1H3. The highest BCUT2D eigenvalue weighted by atomic mass is 35.5. The summed E-state index contributed by atoms with van der Waals surface area (Å²) in [5.41, 5.74) is 2.11. The van der Waals surface area contributed by atoms with Crippen molar-refractivity contribution >= 4 is 34.8 Å². The maximum absolute atomic E-state index is 12.5. The number of aryl methyl sites for hydroxylation is 1. The fourth-order valence-corrected chi connectivity index (χ4v) is 3.83. The molecule has 4 rings (SSSR count). The summed E-state index contributed by atoms with van der Waals surface area (Å²) in [6.07, 6.45) is 1.73. The van der Waals surface area contributed by atoms with Gasteiger partial charge in [0.2, 0.25) is 0 Å². The van der Waals surface area contributed by atoms with E-state index in [2.05, 4.69) is 22.0 Å². The molecular weight excluding hydrogens is 425 g/mol. The van der Waals surface area contributed by atoms with Crippen molar-refractivity contribution in [3.63, 3.8) is 0 Å². The normalized spacial score (nSPS) is 14.1. The van der Waals surface area contributed by atoms with Crippen LogP contribution in [-0.2, 0) is 4.79 Å². The van der Waals surface area contributed by atoms with Crippen LogP contribution in [0.1, 0.15) is 5.89 Å². The lowest BCUT2D eigenvalue weighted by Gasteiger charge is -2.36.